The molecule has 1 aliphatic rings. The van der Waals surface area contributed by atoms with E-state index in [0.717, 1.165) is 47.1 Å². The van der Waals surface area contributed by atoms with Crippen LogP contribution in [0.4, 0.5) is 14.7 Å². The van der Waals surface area contributed by atoms with Crippen LogP contribution in [0.5, 0.6) is 0 Å². The van der Waals surface area contributed by atoms with Crippen LogP contribution in [0.15, 0.2) is 77.8 Å². The van der Waals surface area contributed by atoms with E-state index in [1.165, 1.54) is 22.7 Å². The van der Waals surface area contributed by atoms with Crippen molar-refractivity contribution in [3.05, 3.63) is 99.4 Å². The monoisotopic (exact) mass is 750 g/mol. The Hall–Kier alpha value is -4.57. The number of ether oxygens (including phenoxy) is 2. The molecule has 5 N–H and O–H groups in total. The summed E-state index contributed by atoms with van der Waals surface area (Å²) in [7, 11) is 0. The van der Waals surface area contributed by atoms with Gasteiger partial charge in [0.2, 0.25) is 5.91 Å². The normalized spacial score (nSPS) is 15.7. The van der Waals surface area contributed by atoms with Gasteiger partial charge in [0.1, 0.15) is 31.5 Å². The lowest BCUT2D eigenvalue weighted by Crippen LogP contribution is -2.60. The minimum Gasteiger partial charge on any atom is -0.444 e. The smallest absolute Gasteiger partial charge is 0.408 e. The van der Waals surface area contributed by atoms with Crippen LogP contribution in [0.25, 0.3) is 0 Å². The molecule has 0 spiro atoms. The van der Waals surface area contributed by atoms with E-state index in [0.29, 0.717) is 5.69 Å². The first-order valence-electron chi connectivity index (χ1n) is 17.3. The van der Waals surface area contributed by atoms with Crippen molar-refractivity contribution in [1.29, 1.82) is 0 Å². The number of thiazole rings is 2. The van der Waals surface area contributed by atoms with E-state index in [4.69, 9.17) is 9.47 Å². The zero-order valence-corrected chi connectivity index (χ0v) is 30.9. The molecule has 15 heteroatoms. The Morgan fingerprint density at radius 2 is 1.38 bits per heavy atom. The van der Waals surface area contributed by atoms with E-state index in [9.17, 15) is 24.6 Å². The summed E-state index contributed by atoms with van der Waals surface area (Å²) in [5.74, 6) is -0.922. The summed E-state index contributed by atoms with van der Waals surface area (Å²) in [4.78, 5) is 51.2. The Kier molecular flexibility index (Phi) is 14.4. The Bertz CT molecular complexity index is 1690. The topological polar surface area (TPSA) is 175 Å². The average Bonchev–Trinajstić information content (AvgIpc) is 3.96. The highest BCUT2D eigenvalue weighted by Gasteiger charge is 2.36. The molecule has 5 rings (SSSR count). The van der Waals surface area contributed by atoms with Gasteiger partial charge in [-0.2, -0.15) is 0 Å². The molecule has 1 fully saturated rings. The third kappa shape index (κ3) is 11.5. The number of nitrogens with one attached hydrogen (secondary N) is 3. The molecule has 2 aromatic carbocycles. The van der Waals surface area contributed by atoms with Crippen molar-refractivity contribution in [3.8, 4) is 0 Å². The van der Waals surface area contributed by atoms with E-state index in [2.05, 4.69) is 30.8 Å². The molecular formula is C37H46N6O7S2. The molecule has 0 unspecified atom stereocenters. The van der Waals surface area contributed by atoms with Crippen molar-refractivity contribution < 1.29 is 34.1 Å². The number of alkyl carbamates (subject to hydrolysis) is 2. The number of carbonyl (C=O) groups is 3. The van der Waals surface area contributed by atoms with E-state index in [1.54, 1.807) is 25.6 Å². The number of hydrogen-bond donors (Lipinski definition) is 5. The number of aliphatic hydroxyl groups excluding tert-OH is 2. The van der Waals surface area contributed by atoms with Crippen LogP contribution in [0.2, 0.25) is 0 Å². The Morgan fingerprint density at radius 3 is 1.96 bits per heavy atom. The number of anilines is 1. The molecule has 0 bridgehead atoms. The molecule has 3 heterocycles. The van der Waals surface area contributed by atoms with Crippen LogP contribution in [-0.4, -0.2) is 81.7 Å². The molecule has 278 valence electrons. The first-order chi connectivity index (χ1) is 25.2. The van der Waals surface area contributed by atoms with Crippen LogP contribution in [0, 0.1) is 5.92 Å². The van der Waals surface area contributed by atoms with Gasteiger partial charge in [0.05, 0.1) is 28.2 Å². The Balaban J connectivity index is 1.26. The third-order valence-corrected chi connectivity index (χ3v) is 10.4. The molecule has 0 radical (unpaired) electrons. The van der Waals surface area contributed by atoms with Crippen molar-refractivity contribution >= 4 is 45.9 Å². The lowest BCUT2D eigenvalue weighted by atomic mass is 9.90. The summed E-state index contributed by atoms with van der Waals surface area (Å²) >= 11 is 2.84. The van der Waals surface area contributed by atoms with Crippen LogP contribution in [0.3, 0.4) is 0 Å². The highest BCUT2D eigenvalue weighted by Crippen LogP contribution is 2.25. The number of carbonyl (C=O) groups excluding carboxylic acids is 3. The van der Waals surface area contributed by atoms with Gasteiger partial charge in [-0.15, -0.1) is 22.7 Å². The number of aliphatic hydroxyl groups is 2. The summed E-state index contributed by atoms with van der Waals surface area (Å²) in [5.41, 5.74) is 3.85. The molecule has 4 aromatic rings. The van der Waals surface area contributed by atoms with Crippen molar-refractivity contribution in [2.24, 2.45) is 5.92 Å². The number of aromatic nitrogens is 2. The zero-order valence-electron chi connectivity index (χ0n) is 29.2. The maximum absolute atomic E-state index is 13.8. The Labute approximate surface area is 311 Å². The average molecular weight is 751 g/mol. The zero-order chi connectivity index (χ0) is 36.9. The first kappa shape index (κ1) is 38.7. The fourth-order valence-electron chi connectivity index (χ4n) is 5.90. The van der Waals surface area contributed by atoms with E-state index >= 15 is 0 Å². The van der Waals surface area contributed by atoms with Crippen molar-refractivity contribution in [2.45, 2.75) is 83.1 Å². The lowest BCUT2D eigenvalue weighted by Gasteiger charge is -2.34. The van der Waals surface area contributed by atoms with Crippen molar-refractivity contribution in [1.82, 2.24) is 25.9 Å². The van der Waals surface area contributed by atoms with Crippen molar-refractivity contribution in [3.63, 3.8) is 0 Å². The lowest BCUT2D eigenvalue weighted by molar-refractivity contribution is -0.126. The molecule has 52 heavy (non-hydrogen) atoms. The van der Waals surface area contributed by atoms with Crippen LogP contribution in [-0.2, 0) is 40.3 Å². The largest absolute Gasteiger partial charge is 0.444 e. The highest BCUT2D eigenvalue weighted by molar-refractivity contribution is 7.13. The second-order valence-corrected chi connectivity index (χ2v) is 14.8. The van der Waals surface area contributed by atoms with Gasteiger partial charge in [0, 0.05) is 24.7 Å². The van der Waals surface area contributed by atoms with Crippen LogP contribution >= 0.6 is 22.7 Å². The van der Waals surface area contributed by atoms with Crippen LogP contribution in [0.1, 0.15) is 48.4 Å². The predicted octanol–water partition coefficient (Wildman–Crippen LogP) is 4.44. The predicted molar refractivity (Wildman–Crippen MR) is 199 cm³/mol. The molecule has 0 saturated carbocycles. The minimum atomic E-state index is -1.55. The van der Waals surface area contributed by atoms with Crippen molar-refractivity contribution in [2.75, 3.05) is 18.0 Å². The quantitative estimate of drug-likeness (QED) is 0.104. The summed E-state index contributed by atoms with van der Waals surface area (Å²) < 4.78 is 10.8. The maximum atomic E-state index is 13.8. The molecule has 2 aromatic heterocycles. The summed E-state index contributed by atoms with van der Waals surface area (Å²) in [6.07, 6.45) is -0.479. The SMILES string of the molecule is CC(C)[C@H](NC(=O)OCc1csc(N2CCCC2)n1)C(=O)N[C@@H](Cc1ccccc1)[C@H](O)[C@@H](O)[C@H](Cc1ccccc1)NC(=O)OCc1cncs1. The van der Waals surface area contributed by atoms with Gasteiger partial charge >= 0.3 is 12.2 Å². The van der Waals surface area contributed by atoms with Gasteiger partial charge in [0.15, 0.2) is 5.13 Å². The van der Waals surface area contributed by atoms with Crippen LogP contribution < -0.4 is 20.9 Å². The number of rotatable bonds is 17. The fraction of sp³-hybridized carbons (Fsp3) is 0.432. The molecule has 5 atom stereocenters. The maximum Gasteiger partial charge on any atom is 0.408 e. The number of nitrogens with zero attached hydrogens (tertiary/aromatic N) is 3. The third-order valence-electron chi connectivity index (χ3n) is 8.72. The second kappa shape index (κ2) is 19.3. The molecule has 0 aliphatic carbocycles. The van der Waals surface area contributed by atoms with Gasteiger partial charge in [-0.1, -0.05) is 74.5 Å². The number of hydrogen-bond acceptors (Lipinski definition) is 12. The fourth-order valence-corrected chi connectivity index (χ4v) is 7.27. The summed E-state index contributed by atoms with van der Waals surface area (Å²) in [6, 6.07) is 15.4. The highest BCUT2D eigenvalue weighted by atomic mass is 32.1. The first-order valence-corrected chi connectivity index (χ1v) is 19.1. The van der Waals surface area contributed by atoms with Gasteiger partial charge < -0.3 is 40.5 Å². The molecule has 3 amide bonds. The minimum absolute atomic E-state index is 0.00463. The summed E-state index contributed by atoms with van der Waals surface area (Å²) in [6.45, 7) is 5.43. The standard InChI is InChI=1S/C37H46N6O7S2/c1-24(2)31(42-37(48)49-20-27-22-51-35(39-27)43-15-9-10-16-43)34(46)40-29(17-25-11-5-3-6-12-25)32(44)33(45)30(18-26-13-7-4-8-14-26)41-36(47)50-21-28-19-38-23-52-28/h3-8,11-14,19,22-24,29-33,44-45H,9-10,15-18,20-21H2,1-2H3,(H,40,46)(H,41,47)(H,42,48)/t29-,30-,31-,32-,33-/m0/s1. The van der Waals surface area contributed by atoms with Gasteiger partial charge in [-0.25, -0.2) is 14.6 Å². The second-order valence-electron chi connectivity index (χ2n) is 13.0. The van der Waals surface area contributed by atoms with E-state index in [-0.39, 0.29) is 32.0 Å². The molecule has 1 saturated heterocycles. The Morgan fingerprint density at radius 1 is 0.808 bits per heavy atom. The number of amides is 3. The molecular weight excluding hydrogens is 705 g/mol. The summed E-state index contributed by atoms with van der Waals surface area (Å²) in [5, 5.41) is 34.4. The molecule has 13 nitrogen and oxygen atoms in total. The number of benzene rings is 2. The van der Waals surface area contributed by atoms with E-state index in [1.807, 2.05) is 66.0 Å². The van der Waals surface area contributed by atoms with Gasteiger partial charge in [-0.3, -0.25) is 9.78 Å². The van der Waals surface area contributed by atoms with Gasteiger partial charge in [0.25, 0.3) is 0 Å². The van der Waals surface area contributed by atoms with E-state index < -0.39 is 48.4 Å². The van der Waals surface area contributed by atoms with Gasteiger partial charge in [-0.05, 0) is 42.7 Å². The molecule has 1 aliphatic heterocycles.